The Balaban J connectivity index is 2.35. The number of aryl methyl sites for hydroxylation is 1. The molecule has 2 nitrogen and oxygen atoms in total. The van der Waals surface area contributed by atoms with Gasteiger partial charge < -0.3 is 10.2 Å². The molecule has 2 rings (SSSR count). The zero-order chi connectivity index (χ0) is 15.6. The molecular formula is C18H29FN2. The van der Waals surface area contributed by atoms with Gasteiger partial charge in [-0.25, -0.2) is 4.39 Å². The van der Waals surface area contributed by atoms with Crippen LogP contribution in [0.4, 0.5) is 10.1 Å². The van der Waals surface area contributed by atoms with Gasteiger partial charge in [-0.15, -0.1) is 0 Å². The first kappa shape index (κ1) is 16.3. The summed E-state index contributed by atoms with van der Waals surface area (Å²) in [5.41, 5.74) is 1.88. The van der Waals surface area contributed by atoms with Crippen LogP contribution < -0.4 is 10.2 Å². The molecule has 0 spiro atoms. The van der Waals surface area contributed by atoms with Crippen molar-refractivity contribution in [3.63, 3.8) is 0 Å². The quantitative estimate of drug-likeness (QED) is 0.897. The summed E-state index contributed by atoms with van der Waals surface area (Å²) in [6, 6.07) is 6.07. The first-order chi connectivity index (χ1) is 9.92. The normalized spacial score (nSPS) is 21.9. The molecule has 1 aliphatic rings. The highest BCUT2D eigenvalue weighted by Crippen LogP contribution is 2.31. The minimum Gasteiger partial charge on any atom is -0.365 e. The third-order valence-corrected chi connectivity index (χ3v) is 5.17. The molecule has 0 radical (unpaired) electrons. The van der Waals surface area contributed by atoms with Crippen molar-refractivity contribution in [3.05, 3.63) is 29.6 Å². The summed E-state index contributed by atoms with van der Waals surface area (Å²) >= 11 is 0. The number of anilines is 1. The van der Waals surface area contributed by atoms with E-state index in [1.165, 1.54) is 0 Å². The van der Waals surface area contributed by atoms with Crippen molar-refractivity contribution in [2.24, 2.45) is 5.92 Å². The van der Waals surface area contributed by atoms with E-state index in [9.17, 15) is 4.39 Å². The van der Waals surface area contributed by atoms with Crippen molar-refractivity contribution in [3.8, 4) is 0 Å². The number of nitrogens with zero attached hydrogens (tertiary/aromatic N) is 1. The number of benzene rings is 1. The standard InChI is InChI=1S/C18H29FN2/c1-6-18(7-2)12-21(17(11-20-18)13(3)4)15-9-8-14(5)16(19)10-15/h8-10,13,17,20H,6-7,11-12H2,1-5H3. The molecule has 3 heteroatoms. The smallest absolute Gasteiger partial charge is 0.128 e. The van der Waals surface area contributed by atoms with Gasteiger partial charge in [0.15, 0.2) is 0 Å². The van der Waals surface area contributed by atoms with Gasteiger partial charge in [0, 0.05) is 30.4 Å². The van der Waals surface area contributed by atoms with Crippen molar-refractivity contribution in [1.29, 1.82) is 0 Å². The Morgan fingerprint density at radius 2 is 2.00 bits per heavy atom. The van der Waals surface area contributed by atoms with Crippen LogP contribution in [-0.2, 0) is 0 Å². The predicted octanol–water partition coefficient (Wildman–Crippen LogP) is 4.13. The van der Waals surface area contributed by atoms with Crippen LogP contribution in [0.1, 0.15) is 46.1 Å². The van der Waals surface area contributed by atoms with E-state index >= 15 is 0 Å². The van der Waals surface area contributed by atoms with E-state index < -0.39 is 0 Å². The van der Waals surface area contributed by atoms with Crippen LogP contribution >= 0.6 is 0 Å². The second kappa shape index (κ2) is 6.35. The van der Waals surface area contributed by atoms with Gasteiger partial charge in [-0.05, 0) is 43.4 Å². The molecule has 118 valence electrons. The summed E-state index contributed by atoms with van der Waals surface area (Å²) in [6.45, 7) is 12.7. The van der Waals surface area contributed by atoms with Gasteiger partial charge in [0.2, 0.25) is 0 Å². The van der Waals surface area contributed by atoms with Crippen molar-refractivity contribution < 1.29 is 4.39 Å². The molecule has 1 unspecified atom stereocenters. The van der Waals surface area contributed by atoms with E-state index in [0.717, 1.165) is 31.6 Å². The summed E-state index contributed by atoms with van der Waals surface area (Å²) in [6.07, 6.45) is 2.19. The number of hydrogen-bond acceptors (Lipinski definition) is 2. The van der Waals surface area contributed by atoms with Gasteiger partial charge in [-0.2, -0.15) is 0 Å². The maximum Gasteiger partial charge on any atom is 0.128 e. The van der Waals surface area contributed by atoms with Gasteiger partial charge in [0.05, 0.1) is 0 Å². The van der Waals surface area contributed by atoms with E-state index in [4.69, 9.17) is 0 Å². The Hall–Kier alpha value is -1.09. The molecular weight excluding hydrogens is 263 g/mol. The maximum atomic E-state index is 14.0. The molecule has 0 saturated carbocycles. The number of nitrogens with one attached hydrogen (secondary N) is 1. The predicted molar refractivity (Wildman–Crippen MR) is 88.4 cm³/mol. The average molecular weight is 292 g/mol. The first-order valence-corrected chi connectivity index (χ1v) is 8.20. The zero-order valence-electron chi connectivity index (χ0n) is 14.0. The van der Waals surface area contributed by atoms with Crippen molar-refractivity contribution in [1.82, 2.24) is 5.32 Å². The largest absolute Gasteiger partial charge is 0.365 e. The molecule has 1 aliphatic heterocycles. The maximum absolute atomic E-state index is 14.0. The molecule has 0 bridgehead atoms. The lowest BCUT2D eigenvalue weighted by Gasteiger charge is -2.50. The number of halogens is 1. The molecule has 1 aromatic carbocycles. The van der Waals surface area contributed by atoms with Crippen LogP contribution in [0.3, 0.4) is 0 Å². The lowest BCUT2D eigenvalue weighted by atomic mass is 9.86. The Morgan fingerprint density at radius 1 is 1.33 bits per heavy atom. The van der Waals surface area contributed by atoms with E-state index in [1.54, 1.807) is 6.07 Å². The van der Waals surface area contributed by atoms with Crippen molar-refractivity contribution in [2.45, 2.75) is 59.0 Å². The van der Waals surface area contributed by atoms with Crippen LogP contribution in [0, 0.1) is 18.7 Å². The highest BCUT2D eigenvalue weighted by atomic mass is 19.1. The second-order valence-corrected chi connectivity index (χ2v) is 6.74. The summed E-state index contributed by atoms with van der Waals surface area (Å²) in [7, 11) is 0. The van der Waals surface area contributed by atoms with Gasteiger partial charge in [-0.1, -0.05) is 33.8 Å². The highest BCUT2D eigenvalue weighted by molar-refractivity contribution is 5.50. The van der Waals surface area contributed by atoms with Gasteiger partial charge in [-0.3, -0.25) is 0 Å². The number of piperazine rings is 1. The molecule has 0 amide bonds. The van der Waals surface area contributed by atoms with E-state index in [1.807, 2.05) is 13.0 Å². The Morgan fingerprint density at radius 3 is 2.52 bits per heavy atom. The molecule has 0 aromatic heterocycles. The van der Waals surface area contributed by atoms with Crippen molar-refractivity contribution in [2.75, 3.05) is 18.0 Å². The third kappa shape index (κ3) is 3.23. The lowest BCUT2D eigenvalue weighted by Crippen LogP contribution is -2.65. The molecule has 1 fully saturated rings. The van der Waals surface area contributed by atoms with Gasteiger partial charge in [0.1, 0.15) is 5.82 Å². The summed E-state index contributed by atoms with van der Waals surface area (Å²) in [5, 5.41) is 3.75. The fourth-order valence-corrected chi connectivity index (χ4v) is 3.29. The topological polar surface area (TPSA) is 15.3 Å². The highest BCUT2D eigenvalue weighted by Gasteiger charge is 2.38. The van der Waals surface area contributed by atoms with Crippen LogP contribution in [-0.4, -0.2) is 24.7 Å². The van der Waals surface area contributed by atoms with Gasteiger partial charge >= 0.3 is 0 Å². The molecule has 0 aliphatic carbocycles. The summed E-state index contributed by atoms with van der Waals surface area (Å²) in [4.78, 5) is 2.41. The Kier molecular flexibility index (Phi) is 4.92. The number of hydrogen-bond donors (Lipinski definition) is 1. The molecule has 1 aromatic rings. The van der Waals surface area contributed by atoms with E-state index in [0.29, 0.717) is 17.5 Å². The van der Waals surface area contributed by atoms with Crippen LogP contribution in [0.5, 0.6) is 0 Å². The minimum atomic E-state index is -0.105. The van der Waals surface area contributed by atoms with Crippen LogP contribution in [0.2, 0.25) is 0 Å². The Bertz CT molecular complexity index is 480. The van der Waals surface area contributed by atoms with E-state index in [2.05, 4.69) is 44.0 Å². The number of rotatable bonds is 4. The monoisotopic (exact) mass is 292 g/mol. The lowest BCUT2D eigenvalue weighted by molar-refractivity contribution is 0.227. The molecule has 1 heterocycles. The fraction of sp³-hybridized carbons (Fsp3) is 0.667. The SMILES string of the molecule is CCC1(CC)CN(c2ccc(C)c(F)c2)C(C(C)C)CN1. The molecule has 1 saturated heterocycles. The van der Waals surface area contributed by atoms with Gasteiger partial charge in [0.25, 0.3) is 0 Å². The van der Waals surface area contributed by atoms with Crippen LogP contribution in [0.25, 0.3) is 0 Å². The molecule has 21 heavy (non-hydrogen) atoms. The van der Waals surface area contributed by atoms with E-state index in [-0.39, 0.29) is 11.4 Å². The van der Waals surface area contributed by atoms with Crippen LogP contribution in [0.15, 0.2) is 18.2 Å². The van der Waals surface area contributed by atoms with Crippen molar-refractivity contribution >= 4 is 5.69 Å². The third-order valence-electron chi connectivity index (χ3n) is 5.17. The zero-order valence-corrected chi connectivity index (χ0v) is 14.0. The average Bonchev–Trinajstić information content (AvgIpc) is 2.49. The summed E-state index contributed by atoms with van der Waals surface area (Å²) < 4.78 is 14.0. The minimum absolute atomic E-state index is 0.105. The second-order valence-electron chi connectivity index (χ2n) is 6.74. The molecule has 1 atom stereocenters. The fourth-order valence-electron chi connectivity index (χ4n) is 3.29. The molecule has 1 N–H and O–H groups in total. The first-order valence-electron chi connectivity index (χ1n) is 8.20. The Labute approximate surface area is 128 Å². The summed E-state index contributed by atoms with van der Waals surface area (Å²) in [5.74, 6) is 0.431.